The summed E-state index contributed by atoms with van der Waals surface area (Å²) in [6.45, 7) is 4.36. The molecule has 1 N–H and O–H groups in total. The Morgan fingerprint density at radius 2 is 1.42 bits per heavy atom. The molecular formula is C32H36O13. The van der Waals surface area contributed by atoms with Gasteiger partial charge in [-0.1, -0.05) is 30.3 Å². The van der Waals surface area contributed by atoms with Gasteiger partial charge in [0.1, 0.15) is 30.7 Å². The molecule has 5 atom stereocenters. The number of aliphatic hydroxyl groups is 1. The highest BCUT2D eigenvalue weighted by molar-refractivity contribution is 5.83. The second-order valence-corrected chi connectivity index (χ2v) is 10.3. The summed E-state index contributed by atoms with van der Waals surface area (Å²) in [4.78, 5) is 48.1. The van der Waals surface area contributed by atoms with Crippen molar-refractivity contribution in [3.8, 4) is 11.7 Å². The Bertz CT molecular complexity index is 1480. The summed E-state index contributed by atoms with van der Waals surface area (Å²) < 4.78 is 45.5. The summed E-state index contributed by atoms with van der Waals surface area (Å²) in [6, 6.07) is 14.8. The number of hydrogen-bond acceptors (Lipinski definition) is 13. The average molecular weight is 629 g/mol. The van der Waals surface area contributed by atoms with Crippen LogP contribution in [0.25, 0.3) is 11.0 Å². The molecule has 1 saturated heterocycles. The molecule has 1 aliphatic rings. The molecule has 242 valence electrons. The maximum absolute atomic E-state index is 12.2. The number of aliphatic hydroxyl groups excluding tert-OH is 1. The highest BCUT2D eigenvalue weighted by Gasteiger charge is 2.53. The standard InChI is InChI=1S/C32H36O13/c1-18(34)39-17-27-28(40-19(2)35)29(41-20(3)36)30(42-21(4)37)32(44-27)45-31-25(24-7-5-6-8-26(24)43-31)14-11-22-9-12-23(13-10-22)38-16-15-33/h5-10,12-13,27-30,32-33H,11,14-17H2,1-4H3/t27-,28-,29+,30-,32+/m1/s1. The number of ether oxygens (including phenoxy) is 7. The molecule has 0 radical (unpaired) electrons. The van der Waals surface area contributed by atoms with Crippen LogP contribution in [0.5, 0.6) is 11.7 Å². The number of fused-ring (bicyclic) bond motifs is 1. The molecule has 1 aliphatic heterocycles. The molecule has 2 heterocycles. The molecular weight excluding hydrogens is 592 g/mol. The normalized spacial score (nSPS) is 21.0. The zero-order chi connectivity index (χ0) is 32.5. The van der Waals surface area contributed by atoms with Crippen LogP contribution in [0, 0.1) is 0 Å². The minimum absolute atomic E-state index is 0.0694. The van der Waals surface area contributed by atoms with E-state index < -0.39 is 54.6 Å². The second kappa shape index (κ2) is 15.4. The van der Waals surface area contributed by atoms with Crippen LogP contribution in [0.4, 0.5) is 0 Å². The van der Waals surface area contributed by atoms with Gasteiger partial charge in [-0.25, -0.2) is 0 Å². The largest absolute Gasteiger partial charge is 0.491 e. The Morgan fingerprint density at radius 3 is 2.07 bits per heavy atom. The van der Waals surface area contributed by atoms with Crippen molar-refractivity contribution in [3.63, 3.8) is 0 Å². The van der Waals surface area contributed by atoms with Crippen LogP contribution in [-0.2, 0) is 55.7 Å². The third-order valence-electron chi connectivity index (χ3n) is 6.78. The zero-order valence-electron chi connectivity index (χ0n) is 25.4. The quantitative estimate of drug-likeness (QED) is 0.217. The Hall–Kier alpha value is -4.62. The van der Waals surface area contributed by atoms with Crippen LogP contribution >= 0.6 is 0 Å². The summed E-state index contributed by atoms with van der Waals surface area (Å²) in [5.41, 5.74) is 2.22. The van der Waals surface area contributed by atoms with Gasteiger partial charge < -0.3 is 42.7 Å². The van der Waals surface area contributed by atoms with Crippen LogP contribution in [0.1, 0.15) is 38.8 Å². The Balaban J connectivity index is 1.68. The van der Waals surface area contributed by atoms with E-state index in [4.69, 9.17) is 42.7 Å². The van der Waals surface area contributed by atoms with E-state index in [1.165, 1.54) is 6.92 Å². The first-order chi connectivity index (χ1) is 21.5. The van der Waals surface area contributed by atoms with Gasteiger partial charge in [0.05, 0.1) is 6.61 Å². The van der Waals surface area contributed by atoms with E-state index in [2.05, 4.69) is 0 Å². The molecule has 1 aromatic heterocycles. The first kappa shape index (κ1) is 33.3. The lowest BCUT2D eigenvalue weighted by molar-refractivity contribution is -0.290. The van der Waals surface area contributed by atoms with Crippen molar-refractivity contribution in [2.75, 3.05) is 19.8 Å². The van der Waals surface area contributed by atoms with Gasteiger partial charge in [-0.3, -0.25) is 19.2 Å². The molecule has 0 saturated carbocycles. The number of hydrogen-bond donors (Lipinski definition) is 1. The molecule has 13 heteroatoms. The number of carbonyl (C=O) groups is 4. The number of esters is 4. The average Bonchev–Trinajstić information content (AvgIpc) is 3.33. The molecule has 3 aromatic rings. The van der Waals surface area contributed by atoms with Crippen molar-refractivity contribution in [2.45, 2.75) is 71.2 Å². The topological polar surface area (TPSA) is 166 Å². The predicted octanol–water partition coefficient (Wildman–Crippen LogP) is 3.05. The fraction of sp³-hybridized carbons (Fsp3) is 0.438. The fourth-order valence-corrected chi connectivity index (χ4v) is 4.98. The number of aryl methyl sites for hydroxylation is 2. The van der Waals surface area contributed by atoms with Gasteiger partial charge in [-0.2, -0.15) is 0 Å². The lowest BCUT2D eigenvalue weighted by Crippen LogP contribution is -2.63. The number of furan rings is 1. The molecule has 4 rings (SSSR count). The summed E-state index contributed by atoms with van der Waals surface area (Å²) >= 11 is 0. The summed E-state index contributed by atoms with van der Waals surface area (Å²) in [5, 5.41) is 9.76. The molecule has 13 nitrogen and oxygen atoms in total. The predicted molar refractivity (Wildman–Crippen MR) is 155 cm³/mol. The SMILES string of the molecule is CC(=O)OC[C@H]1O[C@@H](Oc2oc3ccccc3c2CCc2ccc(OCCO)cc2)[C@H](OC(C)=O)[C@@H](OC(C)=O)[C@@H]1OC(C)=O. The van der Waals surface area contributed by atoms with Gasteiger partial charge >= 0.3 is 23.9 Å². The highest BCUT2D eigenvalue weighted by atomic mass is 16.8. The molecule has 0 unspecified atom stereocenters. The molecule has 0 amide bonds. The van der Waals surface area contributed by atoms with Crippen molar-refractivity contribution in [1.82, 2.24) is 0 Å². The lowest BCUT2D eigenvalue weighted by atomic mass is 9.98. The molecule has 0 spiro atoms. The van der Waals surface area contributed by atoms with Crippen molar-refractivity contribution < 1.29 is 61.9 Å². The number of benzene rings is 2. The first-order valence-corrected chi connectivity index (χ1v) is 14.4. The van der Waals surface area contributed by atoms with Crippen LogP contribution in [-0.4, -0.2) is 79.5 Å². The zero-order valence-corrected chi connectivity index (χ0v) is 25.4. The van der Waals surface area contributed by atoms with Gasteiger partial charge in [0.25, 0.3) is 5.95 Å². The fourth-order valence-electron chi connectivity index (χ4n) is 4.98. The van der Waals surface area contributed by atoms with E-state index >= 15 is 0 Å². The monoisotopic (exact) mass is 628 g/mol. The number of rotatable bonds is 13. The van der Waals surface area contributed by atoms with E-state index in [0.29, 0.717) is 29.7 Å². The van der Waals surface area contributed by atoms with E-state index in [9.17, 15) is 19.2 Å². The molecule has 0 aliphatic carbocycles. The van der Waals surface area contributed by atoms with Crippen LogP contribution in [0.2, 0.25) is 0 Å². The van der Waals surface area contributed by atoms with E-state index in [-0.39, 0.29) is 25.8 Å². The Kier molecular flexibility index (Phi) is 11.4. The summed E-state index contributed by atoms with van der Waals surface area (Å²) in [6.07, 6.45) is -5.65. The van der Waals surface area contributed by atoms with Gasteiger partial charge in [0, 0.05) is 38.6 Å². The molecule has 2 aromatic carbocycles. The Labute approximate surface area is 259 Å². The van der Waals surface area contributed by atoms with Gasteiger partial charge in [-0.05, 0) is 36.6 Å². The van der Waals surface area contributed by atoms with E-state index in [1.54, 1.807) is 12.1 Å². The molecule has 0 bridgehead atoms. The van der Waals surface area contributed by atoms with Crippen molar-refractivity contribution >= 4 is 34.8 Å². The van der Waals surface area contributed by atoms with E-state index in [0.717, 1.165) is 31.7 Å². The Morgan fingerprint density at radius 1 is 0.778 bits per heavy atom. The summed E-state index contributed by atoms with van der Waals surface area (Å²) in [7, 11) is 0. The minimum Gasteiger partial charge on any atom is -0.491 e. The minimum atomic E-state index is -1.44. The second-order valence-electron chi connectivity index (χ2n) is 10.3. The van der Waals surface area contributed by atoms with E-state index in [1.807, 2.05) is 36.4 Å². The van der Waals surface area contributed by atoms with Gasteiger partial charge in [0.15, 0.2) is 12.2 Å². The number of carbonyl (C=O) groups excluding carboxylic acids is 4. The van der Waals surface area contributed by atoms with Gasteiger partial charge in [-0.15, -0.1) is 0 Å². The van der Waals surface area contributed by atoms with Crippen LogP contribution in [0.3, 0.4) is 0 Å². The molecule has 45 heavy (non-hydrogen) atoms. The maximum Gasteiger partial charge on any atom is 0.303 e. The first-order valence-electron chi connectivity index (χ1n) is 14.4. The maximum atomic E-state index is 12.2. The van der Waals surface area contributed by atoms with Crippen LogP contribution in [0.15, 0.2) is 52.9 Å². The number of para-hydroxylation sites is 1. The third-order valence-corrected chi connectivity index (χ3v) is 6.78. The van der Waals surface area contributed by atoms with Crippen molar-refractivity contribution in [3.05, 3.63) is 59.7 Å². The van der Waals surface area contributed by atoms with Gasteiger partial charge in [0.2, 0.25) is 12.4 Å². The van der Waals surface area contributed by atoms with Crippen molar-refractivity contribution in [2.24, 2.45) is 0 Å². The van der Waals surface area contributed by atoms with Crippen molar-refractivity contribution in [1.29, 1.82) is 0 Å². The summed E-state index contributed by atoms with van der Waals surface area (Å²) in [5.74, 6) is -2.16. The smallest absolute Gasteiger partial charge is 0.303 e. The third kappa shape index (κ3) is 8.96. The molecule has 1 fully saturated rings. The van der Waals surface area contributed by atoms with Crippen LogP contribution < -0.4 is 9.47 Å². The lowest BCUT2D eigenvalue weighted by Gasteiger charge is -2.43. The highest BCUT2D eigenvalue weighted by Crippen LogP contribution is 2.37.